The molecule has 2 aromatic rings. The van der Waals surface area contributed by atoms with Crippen molar-refractivity contribution in [3.8, 4) is 0 Å². The van der Waals surface area contributed by atoms with Crippen LogP contribution in [0, 0.1) is 0 Å². The third-order valence-electron chi connectivity index (χ3n) is 3.04. The quantitative estimate of drug-likeness (QED) is 0.706. The van der Waals surface area contributed by atoms with E-state index in [1.165, 1.54) is 6.07 Å². The number of nitrogens with one attached hydrogen (secondary N) is 1. The van der Waals surface area contributed by atoms with E-state index in [2.05, 4.69) is 5.32 Å². The van der Waals surface area contributed by atoms with Crippen LogP contribution in [0.3, 0.4) is 0 Å². The van der Waals surface area contributed by atoms with E-state index < -0.39 is 11.7 Å². The van der Waals surface area contributed by atoms with Gasteiger partial charge < -0.3 is 5.32 Å². The first kappa shape index (κ1) is 16.0. The number of hydrogen-bond acceptors (Lipinski definition) is 1. The first-order valence-corrected chi connectivity index (χ1v) is 6.92. The van der Waals surface area contributed by atoms with Gasteiger partial charge in [0.15, 0.2) is 0 Å². The zero-order chi connectivity index (χ0) is 15.6. The molecule has 112 valence electrons. The van der Waals surface area contributed by atoms with Crippen molar-refractivity contribution in [3.63, 3.8) is 0 Å². The Morgan fingerprint density at radius 3 is 2.24 bits per heavy atom. The molecule has 2 rings (SSSR count). The van der Waals surface area contributed by atoms with Crippen molar-refractivity contribution in [2.45, 2.75) is 19.1 Å². The highest BCUT2D eigenvalue weighted by molar-refractivity contribution is 6.33. The van der Waals surface area contributed by atoms with E-state index >= 15 is 0 Å². The maximum absolute atomic E-state index is 12.6. The lowest BCUT2D eigenvalue weighted by Crippen LogP contribution is -2.09. The second kappa shape index (κ2) is 6.16. The number of anilines is 1. The molecular weight excluding hydrogens is 322 g/mol. The topological polar surface area (TPSA) is 12.0 Å². The van der Waals surface area contributed by atoms with Crippen molar-refractivity contribution in [1.29, 1.82) is 0 Å². The van der Waals surface area contributed by atoms with Crippen LogP contribution in [0.2, 0.25) is 10.0 Å². The summed E-state index contributed by atoms with van der Waals surface area (Å²) >= 11 is 12.0. The number of alkyl halides is 3. The van der Waals surface area contributed by atoms with Crippen molar-refractivity contribution >= 4 is 28.9 Å². The molecule has 1 N–H and O–H groups in total. The van der Waals surface area contributed by atoms with E-state index in [-0.39, 0.29) is 11.1 Å². The Kier molecular flexibility index (Phi) is 4.69. The maximum Gasteiger partial charge on any atom is 0.416 e. The van der Waals surface area contributed by atoms with E-state index in [0.29, 0.717) is 10.7 Å². The smallest absolute Gasteiger partial charge is 0.377 e. The molecule has 0 saturated heterocycles. The molecule has 0 radical (unpaired) electrons. The number of benzene rings is 2. The highest BCUT2D eigenvalue weighted by Gasteiger charge is 2.31. The normalized spacial score (nSPS) is 13.0. The summed E-state index contributed by atoms with van der Waals surface area (Å²) in [5.41, 5.74) is 0.496. The van der Waals surface area contributed by atoms with E-state index in [1.807, 2.05) is 25.1 Å². The zero-order valence-electron chi connectivity index (χ0n) is 11.0. The summed E-state index contributed by atoms with van der Waals surface area (Å²) in [4.78, 5) is 0. The monoisotopic (exact) mass is 333 g/mol. The maximum atomic E-state index is 12.6. The molecule has 2 aromatic carbocycles. The Hall–Kier alpha value is -1.39. The summed E-state index contributed by atoms with van der Waals surface area (Å²) in [7, 11) is 0. The van der Waals surface area contributed by atoms with Gasteiger partial charge in [-0.25, -0.2) is 0 Å². The Morgan fingerprint density at radius 1 is 1.00 bits per heavy atom. The summed E-state index contributed by atoms with van der Waals surface area (Å²) in [6.45, 7) is 1.86. The summed E-state index contributed by atoms with van der Waals surface area (Å²) in [6, 6.07) is 10.3. The van der Waals surface area contributed by atoms with E-state index in [4.69, 9.17) is 23.2 Å². The van der Waals surface area contributed by atoms with Gasteiger partial charge in [0.2, 0.25) is 0 Å². The molecular formula is C15H12Cl2F3N. The van der Waals surface area contributed by atoms with E-state index in [9.17, 15) is 13.2 Å². The summed E-state index contributed by atoms with van der Waals surface area (Å²) < 4.78 is 37.8. The molecule has 0 fully saturated rings. The SMILES string of the molecule is CC(Nc1ccc(C(F)(F)F)cc1Cl)c1ccccc1Cl. The van der Waals surface area contributed by atoms with Gasteiger partial charge in [0.05, 0.1) is 22.3 Å². The highest BCUT2D eigenvalue weighted by Crippen LogP contribution is 2.35. The van der Waals surface area contributed by atoms with E-state index in [0.717, 1.165) is 17.7 Å². The fraction of sp³-hybridized carbons (Fsp3) is 0.200. The van der Waals surface area contributed by atoms with Gasteiger partial charge in [0.1, 0.15) is 0 Å². The Morgan fingerprint density at radius 2 is 1.67 bits per heavy atom. The van der Waals surface area contributed by atoms with Gasteiger partial charge in [-0.1, -0.05) is 41.4 Å². The Labute approximate surface area is 130 Å². The highest BCUT2D eigenvalue weighted by atomic mass is 35.5. The van der Waals surface area contributed by atoms with Gasteiger partial charge in [-0.15, -0.1) is 0 Å². The van der Waals surface area contributed by atoms with Crippen molar-refractivity contribution in [1.82, 2.24) is 0 Å². The lowest BCUT2D eigenvalue weighted by molar-refractivity contribution is -0.137. The minimum atomic E-state index is -4.41. The molecule has 0 amide bonds. The molecule has 6 heteroatoms. The summed E-state index contributed by atoms with van der Waals surface area (Å²) in [5, 5.41) is 3.66. The average molecular weight is 334 g/mol. The lowest BCUT2D eigenvalue weighted by Gasteiger charge is -2.18. The molecule has 1 nitrogen and oxygen atoms in total. The van der Waals surface area contributed by atoms with Crippen LogP contribution in [0.15, 0.2) is 42.5 Å². The molecule has 0 heterocycles. The minimum absolute atomic E-state index is 0.0173. The van der Waals surface area contributed by atoms with Gasteiger partial charge in [0, 0.05) is 5.02 Å². The predicted octanol–water partition coefficient (Wildman–Crippen LogP) is 6.19. The van der Waals surface area contributed by atoms with Crippen LogP contribution >= 0.6 is 23.2 Å². The van der Waals surface area contributed by atoms with Crippen molar-refractivity contribution < 1.29 is 13.2 Å². The average Bonchev–Trinajstić information content (AvgIpc) is 2.40. The zero-order valence-corrected chi connectivity index (χ0v) is 12.5. The number of rotatable bonds is 3. The Balaban J connectivity index is 2.23. The first-order chi connectivity index (χ1) is 9.79. The molecule has 21 heavy (non-hydrogen) atoms. The molecule has 0 spiro atoms. The van der Waals surface area contributed by atoms with Gasteiger partial charge in [0.25, 0.3) is 0 Å². The fourth-order valence-corrected chi connectivity index (χ4v) is 2.48. The van der Waals surface area contributed by atoms with Crippen molar-refractivity contribution in [2.75, 3.05) is 5.32 Å². The first-order valence-electron chi connectivity index (χ1n) is 6.16. The standard InChI is InChI=1S/C15H12Cl2F3N/c1-9(11-4-2-3-5-12(11)16)21-14-7-6-10(8-13(14)17)15(18,19)20/h2-9,21H,1H3. The molecule has 0 saturated carbocycles. The summed E-state index contributed by atoms with van der Waals surface area (Å²) in [5.74, 6) is 0. The molecule has 1 unspecified atom stereocenters. The van der Waals surface area contributed by atoms with Crippen LogP contribution in [-0.4, -0.2) is 0 Å². The molecule has 0 aliphatic rings. The predicted molar refractivity (Wildman–Crippen MR) is 79.9 cm³/mol. The molecule has 0 aromatic heterocycles. The van der Waals surface area contributed by atoms with Gasteiger partial charge in [-0.05, 0) is 36.8 Å². The van der Waals surface area contributed by atoms with Crippen LogP contribution in [0.5, 0.6) is 0 Å². The van der Waals surface area contributed by atoms with Crippen molar-refractivity contribution in [3.05, 3.63) is 63.6 Å². The van der Waals surface area contributed by atoms with Gasteiger partial charge in [-0.2, -0.15) is 13.2 Å². The van der Waals surface area contributed by atoms with Crippen LogP contribution in [-0.2, 0) is 6.18 Å². The molecule has 0 bridgehead atoms. The van der Waals surface area contributed by atoms with Crippen LogP contribution in [0.25, 0.3) is 0 Å². The van der Waals surface area contributed by atoms with Gasteiger partial charge >= 0.3 is 6.18 Å². The van der Waals surface area contributed by atoms with Crippen molar-refractivity contribution in [2.24, 2.45) is 0 Å². The van der Waals surface area contributed by atoms with Crippen LogP contribution < -0.4 is 5.32 Å². The third kappa shape index (κ3) is 3.83. The number of halogens is 5. The molecule has 0 aliphatic carbocycles. The summed E-state index contributed by atoms with van der Waals surface area (Å²) in [6.07, 6.45) is -4.41. The fourth-order valence-electron chi connectivity index (χ4n) is 1.95. The largest absolute Gasteiger partial charge is 0.416 e. The Bertz CT molecular complexity index is 641. The second-order valence-electron chi connectivity index (χ2n) is 4.58. The van der Waals surface area contributed by atoms with Crippen LogP contribution in [0.1, 0.15) is 24.1 Å². The second-order valence-corrected chi connectivity index (χ2v) is 5.39. The van der Waals surface area contributed by atoms with E-state index in [1.54, 1.807) is 6.07 Å². The third-order valence-corrected chi connectivity index (χ3v) is 3.70. The van der Waals surface area contributed by atoms with Crippen LogP contribution in [0.4, 0.5) is 18.9 Å². The number of hydrogen-bond donors (Lipinski definition) is 1. The van der Waals surface area contributed by atoms with Gasteiger partial charge in [-0.3, -0.25) is 0 Å². The molecule has 0 aliphatic heterocycles. The minimum Gasteiger partial charge on any atom is -0.377 e. The molecule has 1 atom stereocenters. The lowest BCUT2D eigenvalue weighted by atomic mass is 10.1.